The van der Waals surface area contributed by atoms with E-state index in [1.54, 1.807) is 36.4 Å². The van der Waals surface area contributed by atoms with Crippen molar-refractivity contribution in [1.29, 1.82) is 0 Å². The van der Waals surface area contributed by atoms with Crippen LogP contribution in [0.1, 0.15) is 15.9 Å². The number of carboxylic acid groups (broad SMARTS) is 1. The molecule has 0 aliphatic heterocycles. The van der Waals surface area contributed by atoms with Crippen molar-refractivity contribution in [2.75, 3.05) is 12.4 Å². The zero-order valence-electron chi connectivity index (χ0n) is 13.2. The van der Waals surface area contributed by atoms with Gasteiger partial charge in [-0.1, -0.05) is 18.2 Å². The predicted molar refractivity (Wildman–Crippen MR) is 90.6 cm³/mol. The molecule has 0 heterocycles. The fourth-order valence-corrected chi connectivity index (χ4v) is 1.99. The van der Waals surface area contributed by atoms with Gasteiger partial charge in [0.2, 0.25) is 0 Å². The van der Waals surface area contributed by atoms with Gasteiger partial charge >= 0.3 is 5.97 Å². The highest BCUT2D eigenvalue weighted by Gasteiger charge is 2.12. The summed E-state index contributed by atoms with van der Waals surface area (Å²) in [5.74, 6) is -3.28. The summed E-state index contributed by atoms with van der Waals surface area (Å²) in [7, 11) is 1.49. The van der Waals surface area contributed by atoms with E-state index in [1.807, 2.05) is 0 Å². The van der Waals surface area contributed by atoms with Crippen LogP contribution >= 0.6 is 0 Å². The second kappa shape index (κ2) is 7.78. The summed E-state index contributed by atoms with van der Waals surface area (Å²) in [4.78, 5) is 33.9. The van der Waals surface area contributed by atoms with Crippen molar-refractivity contribution in [1.82, 2.24) is 0 Å². The van der Waals surface area contributed by atoms with Crippen LogP contribution in [0.2, 0.25) is 0 Å². The van der Waals surface area contributed by atoms with E-state index in [4.69, 9.17) is 9.84 Å². The normalized spacial score (nSPS) is 10.8. The fourth-order valence-electron chi connectivity index (χ4n) is 1.99. The number of carboxylic acids is 1. The van der Waals surface area contributed by atoms with Crippen molar-refractivity contribution in [2.24, 2.45) is 0 Å². The third kappa shape index (κ3) is 4.68. The summed E-state index contributed by atoms with van der Waals surface area (Å²) in [5, 5.41) is 21.0. The van der Waals surface area contributed by atoms with E-state index in [2.05, 4.69) is 5.32 Å². The number of benzene rings is 2. The molecule has 0 radical (unpaired) electrons. The van der Waals surface area contributed by atoms with Gasteiger partial charge in [-0.15, -0.1) is 0 Å². The number of aliphatic hydroxyl groups is 1. The van der Waals surface area contributed by atoms with Crippen LogP contribution in [0.15, 0.2) is 54.6 Å². The molecule has 0 saturated carbocycles. The number of anilines is 1. The van der Waals surface area contributed by atoms with Crippen LogP contribution in [0.4, 0.5) is 5.69 Å². The first-order valence-corrected chi connectivity index (χ1v) is 7.14. The predicted octanol–water partition coefficient (Wildman–Crippen LogP) is 2.50. The Morgan fingerprint density at radius 3 is 2.36 bits per heavy atom. The largest absolute Gasteiger partial charge is 0.507 e. The molecule has 3 N–H and O–H groups in total. The molecule has 0 aliphatic carbocycles. The van der Waals surface area contributed by atoms with Gasteiger partial charge in [-0.3, -0.25) is 9.59 Å². The third-order valence-electron chi connectivity index (χ3n) is 3.23. The molecule has 0 saturated heterocycles. The van der Waals surface area contributed by atoms with Gasteiger partial charge in [0.15, 0.2) is 0 Å². The van der Waals surface area contributed by atoms with Crippen LogP contribution in [-0.2, 0) is 9.59 Å². The zero-order chi connectivity index (χ0) is 18.4. The first-order valence-electron chi connectivity index (χ1n) is 7.14. The number of hydrogen-bond acceptors (Lipinski definition) is 5. The lowest BCUT2D eigenvalue weighted by molar-refractivity contribution is -0.146. The minimum Gasteiger partial charge on any atom is -0.507 e. The average molecular weight is 341 g/mol. The molecule has 7 heteroatoms. The third-order valence-corrected chi connectivity index (χ3v) is 3.23. The van der Waals surface area contributed by atoms with Gasteiger partial charge in [0.1, 0.15) is 11.5 Å². The van der Waals surface area contributed by atoms with Crippen LogP contribution in [0.5, 0.6) is 5.75 Å². The molecule has 0 atom stereocenters. The number of carbonyl (C=O) groups is 3. The molecule has 1 amide bonds. The fraction of sp³-hybridized carbons (Fsp3) is 0.0556. The molecule has 2 rings (SSSR count). The number of ketones is 1. The number of ether oxygens (including phenoxy) is 1. The summed E-state index contributed by atoms with van der Waals surface area (Å²) >= 11 is 0. The monoisotopic (exact) mass is 341 g/mol. The zero-order valence-corrected chi connectivity index (χ0v) is 13.2. The van der Waals surface area contributed by atoms with Crippen LogP contribution in [0.25, 0.3) is 5.76 Å². The summed E-state index contributed by atoms with van der Waals surface area (Å²) < 4.78 is 5.06. The van der Waals surface area contributed by atoms with E-state index in [0.717, 1.165) is 0 Å². The number of aliphatic hydroxyl groups excluding tert-OH is 1. The Bertz CT molecular complexity index is 856. The summed E-state index contributed by atoms with van der Waals surface area (Å²) in [6.45, 7) is 0. The molecule has 0 bridgehead atoms. The molecule has 0 unspecified atom stereocenters. The van der Waals surface area contributed by atoms with Crippen LogP contribution in [0.3, 0.4) is 0 Å². The van der Waals surface area contributed by atoms with E-state index in [9.17, 15) is 19.5 Å². The lowest BCUT2D eigenvalue weighted by Crippen LogP contribution is -2.12. The molecule has 128 valence electrons. The molecular formula is C18H15NO6. The molecule has 2 aromatic carbocycles. The standard InChI is InChI=1S/C18H15NO6/c1-25-14-7-3-5-12(9-14)17(22)19-13-6-2-4-11(8-13)15(20)10-16(21)18(23)24/h2-10,20H,1H3,(H,19,22)(H,23,24)/b15-10+. The number of hydrogen-bond donors (Lipinski definition) is 3. The quantitative estimate of drug-likeness (QED) is 0.423. The van der Waals surface area contributed by atoms with Crippen LogP contribution < -0.4 is 10.1 Å². The van der Waals surface area contributed by atoms with Crippen molar-refractivity contribution in [3.8, 4) is 5.75 Å². The van der Waals surface area contributed by atoms with Crippen molar-refractivity contribution in [2.45, 2.75) is 0 Å². The topological polar surface area (TPSA) is 113 Å². The van der Waals surface area contributed by atoms with Crippen LogP contribution in [-0.4, -0.2) is 35.0 Å². The summed E-state index contributed by atoms with van der Waals surface area (Å²) in [6.07, 6.45) is 0.603. The molecule has 0 aromatic heterocycles. The average Bonchev–Trinajstić information content (AvgIpc) is 2.61. The van der Waals surface area contributed by atoms with Crippen LogP contribution in [0, 0.1) is 0 Å². The van der Waals surface area contributed by atoms with Gasteiger partial charge in [0.25, 0.3) is 11.7 Å². The van der Waals surface area contributed by atoms with E-state index in [0.29, 0.717) is 23.1 Å². The van der Waals surface area contributed by atoms with Gasteiger partial charge in [0.05, 0.1) is 7.11 Å². The molecule has 0 aliphatic rings. The first kappa shape index (κ1) is 17.7. The molecule has 25 heavy (non-hydrogen) atoms. The number of methoxy groups -OCH3 is 1. The van der Waals surface area contributed by atoms with E-state index in [-0.39, 0.29) is 11.5 Å². The number of rotatable bonds is 6. The Labute approximate surface area is 143 Å². The minimum absolute atomic E-state index is 0.193. The van der Waals surface area contributed by atoms with Crippen molar-refractivity contribution < 1.29 is 29.3 Å². The van der Waals surface area contributed by atoms with E-state index >= 15 is 0 Å². The Kier molecular flexibility index (Phi) is 5.52. The maximum atomic E-state index is 12.3. The maximum absolute atomic E-state index is 12.3. The molecule has 0 fully saturated rings. The lowest BCUT2D eigenvalue weighted by Gasteiger charge is -2.08. The van der Waals surface area contributed by atoms with Gasteiger partial charge in [-0.2, -0.15) is 0 Å². The molecule has 2 aromatic rings. The molecule has 7 nitrogen and oxygen atoms in total. The smallest absolute Gasteiger partial charge is 0.376 e. The Morgan fingerprint density at radius 2 is 1.68 bits per heavy atom. The molecule has 0 spiro atoms. The van der Waals surface area contributed by atoms with E-state index in [1.165, 1.54) is 19.2 Å². The summed E-state index contributed by atoms with van der Waals surface area (Å²) in [5.41, 5.74) is 0.941. The highest BCUT2D eigenvalue weighted by atomic mass is 16.5. The molecular weight excluding hydrogens is 326 g/mol. The van der Waals surface area contributed by atoms with Gasteiger partial charge in [0, 0.05) is 22.9 Å². The van der Waals surface area contributed by atoms with Gasteiger partial charge in [-0.25, -0.2) is 4.79 Å². The number of nitrogens with one attached hydrogen (secondary N) is 1. The summed E-state index contributed by atoms with van der Waals surface area (Å²) in [6, 6.07) is 12.6. The first-order chi connectivity index (χ1) is 11.9. The second-order valence-corrected chi connectivity index (χ2v) is 4.97. The Balaban J connectivity index is 2.20. The maximum Gasteiger partial charge on any atom is 0.376 e. The lowest BCUT2D eigenvalue weighted by atomic mass is 10.1. The van der Waals surface area contributed by atoms with Gasteiger partial charge in [-0.05, 0) is 30.3 Å². The number of carbonyl (C=O) groups excluding carboxylic acids is 2. The Hall–Kier alpha value is -3.61. The minimum atomic E-state index is -1.67. The van der Waals surface area contributed by atoms with Crippen molar-refractivity contribution >= 4 is 29.1 Å². The van der Waals surface area contributed by atoms with Gasteiger partial charge < -0.3 is 20.3 Å². The highest BCUT2D eigenvalue weighted by molar-refractivity contribution is 6.38. The van der Waals surface area contributed by atoms with Crippen molar-refractivity contribution in [3.05, 3.63) is 65.7 Å². The number of aliphatic carboxylic acids is 1. The second-order valence-electron chi connectivity index (χ2n) is 4.97. The van der Waals surface area contributed by atoms with Crippen molar-refractivity contribution in [3.63, 3.8) is 0 Å². The SMILES string of the molecule is COc1cccc(C(=O)Nc2cccc(/C(O)=C\C(=O)C(=O)O)c2)c1. The number of amides is 1. The Morgan fingerprint density at radius 1 is 1.00 bits per heavy atom. The van der Waals surface area contributed by atoms with E-state index < -0.39 is 17.5 Å². The highest BCUT2D eigenvalue weighted by Crippen LogP contribution is 2.19.